The Balaban J connectivity index is 2.08. The molecule has 0 N–H and O–H groups in total. The number of esters is 1. The van der Waals surface area contributed by atoms with Gasteiger partial charge < -0.3 is 4.74 Å². The predicted octanol–water partition coefficient (Wildman–Crippen LogP) is 3.68. The number of carbonyl (C=O) groups excluding carboxylic acids is 1. The molecule has 0 aliphatic heterocycles. The van der Waals surface area contributed by atoms with E-state index in [1.807, 2.05) is 12.4 Å². The lowest BCUT2D eigenvalue weighted by Crippen LogP contribution is -2.23. The van der Waals surface area contributed by atoms with E-state index in [1.165, 1.54) is 32.8 Å². The van der Waals surface area contributed by atoms with Crippen molar-refractivity contribution in [2.75, 3.05) is 7.11 Å². The SMILES string of the molecule is COC(=O)[C@H](CC1CCCC1)n1cc(SC(C)C)cn1. The van der Waals surface area contributed by atoms with E-state index in [4.69, 9.17) is 4.74 Å². The first kappa shape index (κ1) is 15.4. The van der Waals surface area contributed by atoms with Gasteiger partial charge in [-0.15, -0.1) is 11.8 Å². The molecule has 1 heterocycles. The molecule has 1 aromatic rings. The monoisotopic (exact) mass is 296 g/mol. The molecule has 4 nitrogen and oxygen atoms in total. The Labute approximate surface area is 125 Å². The van der Waals surface area contributed by atoms with Crippen LogP contribution in [0.4, 0.5) is 0 Å². The Morgan fingerprint density at radius 1 is 1.50 bits per heavy atom. The number of methoxy groups -OCH3 is 1. The highest BCUT2D eigenvalue weighted by molar-refractivity contribution is 7.99. The fourth-order valence-corrected chi connectivity index (χ4v) is 3.66. The summed E-state index contributed by atoms with van der Waals surface area (Å²) in [4.78, 5) is 13.2. The predicted molar refractivity (Wildman–Crippen MR) is 80.8 cm³/mol. The molecule has 0 bridgehead atoms. The van der Waals surface area contributed by atoms with Crippen molar-refractivity contribution in [2.45, 2.75) is 62.1 Å². The van der Waals surface area contributed by atoms with Crippen molar-refractivity contribution >= 4 is 17.7 Å². The van der Waals surface area contributed by atoms with Crippen molar-refractivity contribution in [1.29, 1.82) is 0 Å². The van der Waals surface area contributed by atoms with Crippen LogP contribution in [0.25, 0.3) is 0 Å². The quantitative estimate of drug-likeness (QED) is 0.593. The molecule has 20 heavy (non-hydrogen) atoms. The van der Waals surface area contributed by atoms with E-state index in [-0.39, 0.29) is 12.0 Å². The zero-order valence-corrected chi connectivity index (χ0v) is 13.4. The second-order valence-electron chi connectivity index (χ2n) is 5.75. The number of hydrogen-bond donors (Lipinski definition) is 0. The third-order valence-electron chi connectivity index (χ3n) is 3.77. The van der Waals surface area contributed by atoms with Gasteiger partial charge >= 0.3 is 5.97 Å². The van der Waals surface area contributed by atoms with E-state index in [1.54, 1.807) is 16.4 Å². The van der Waals surface area contributed by atoms with Crippen molar-refractivity contribution in [3.8, 4) is 0 Å². The number of aromatic nitrogens is 2. The van der Waals surface area contributed by atoms with Crippen LogP contribution in [0, 0.1) is 5.92 Å². The standard InChI is InChI=1S/C15H24N2O2S/c1-11(2)20-13-9-16-17(10-13)14(15(18)19-3)8-12-6-4-5-7-12/h9-12,14H,4-8H2,1-3H3/t14-/m0/s1. The molecular formula is C15H24N2O2S. The number of thioether (sulfide) groups is 1. The van der Waals surface area contributed by atoms with Gasteiger partial charge in [0.05, 0.1) is 13.3 Å². The van der Waals surface area contributed by atoms with Gasteiger partial charge in [0.25, 0.3) is 0 Å². The third kappa shape index (κ3) is 4.01. The Kier molecular flexibility index (Phi) is 5.52. The van der Waals surface area contributed by atoms with Crippen LogP contribution in [0.15, 0.2) is 17.3 Å². The van der Waals surface area contributed by atoms with Crippen LogP contribution in [0.2, 0.25) is 0 Å². The zero-order chi connectivity index (χ0) is 14.5. The van der Waals surface area contributed by atoms with E-state index in [0.29, 0.717) is 11.2 Å². The third-order valence-corrected chi connectivity index (χ3v) is 4.73. The topological polar surface area (TPSA) is 44.1 Å². The van der Waals surface area contributed by atoms with Crippen molar-refractivity contribution < 1.29 is 9.53 Å². The van der Waals surface area contributed by atoms with Gasteiger partial charge in [-0.1, -0.05) is 39.5 Å². The Bertz CT molecular complexity index is 439. The Morgan fingerprint density at radius 2 is 2.20 bits per heavy atom. The first-order valence-corrected chi connectivity index (χ1v) is 8.26. The molecule has 0 aromatic carbocycles. The summed E-state index contributed by atoms with van der Waals surface area (Å²) in [5.74, 6) is 0.450. The molecule has 1 saturated carbocycles. The Morgan fingerprint density at radius 3 is 2.80 bits per heavy atom. The molecule has 0 amide bonds. The van der Waals surface area contributed by atoms with Gasteiger partial charge in [-0.05, 0) is 12.3 Å². The summed E-state index contributed by atoms with van der Waals surface area (Å²) in [6, 6.07) is -0.274. The van der Waals surface area contributed by atoms with Crippen LogP contribution in [0.3, 0.4) is 0 Å². The molecule has 1 atom stereocenters. The summed E-state index contributed by atoms with van der Waals surface area (Å²) in [6.07, 6.45) is 9.68. The Hall–Kier alpha value is -0.970. The van der Waals surface area contributed by atoms with Crippen LogP contribution in [-0.4, -0.2) is 28.1 Å². The zero-order valence-electron chi connectivity index (χ0n) is 12.5. The smallest absolute Gasteiger partial charge is 0.330 e. The lowest BCUT2D eigenvalue weighted by molar-refractivity contribution is -0.145. The first-order chi connectivity index (χ1) is 9.60. The maximum Gasteiger partial charge on any atom is 0.330 e. The second kappa shape index (κ2) is 7.16. The van der Waals surface area contributed by atoms with Gasteiger partial charge in [0.15, 0.2) is 0 Å². The van der Waals surface area contributed by atoms with Gasteiger partial charge in [0, 0.05) is 16.3 Å². The van der Waals surface area contributed by atoms with Gasteiger partial charge in [-0.2, -0.15) is 5.10 Å². The van der Waals surface area contributed by atoms with Gasteiger partial charge in [0.2, 0.25) is 0 Å². The van der Waals surface area contributed by atoms with E-state index in [9.17, 15) is 4.79 Å². The normalized spacial score (nSPS) is 17.6. The highest BCUT2D eigenvalue weighted by Gasteiger charge is 2.28. The average Bonchev–Trinajstić information content (AvgIpc) is 3.05. The average molecular weight is 296 g/mol. The molecule has 0 saturated heterocycles. The van der Waals surface area contributed by atoms with E-state index < -0.39 is 0 Å². The molecule has 0 radical (unpaired) electrons. The molecule has 5 heteroatoms. The molecular weight excluding hydrogens is 272 g/mol. The first-order valence-electron chi connectivity index (χ1n) is 7.38. The highest BCUT2D eigenvalue weighted by Crippen LogP contribution is 2.33. The molecule has 2 rings (SSSR count). The van der Waals surface area contributed by atoms with Crippen molar-refractivity contribution in [2.24, 2.45) is 5.92 Å². The van der Waals surface area contributed by atoms with Crippen molar-refractivity contribution in [3.63, 3.8) is 0 Å². The van der Waals surface area contributed by atoms with Crippen molar-refractivity contribution in [3.05, 3.63) is 12.4 Å². The van der Waals surface area contributed by atoms with E-state index in [0.717, 1.165) is 11.3 Å². The van der Waals surface area contributed by atoms with E-state index >= 15 is 0 Å². The summed E-state index contributed by atoms with van der Waals surface area (Å²) in [5, 5.41) is 4.89. The summed E-state index contributed by atoms with van der Waals surface area (Å²) >= 11 is 1.76. The summed E-state index contributed by atoms with van der Waals surface area (Å²) < 4.78 is 6.75. The minimum atomic E-state index is -0.274. The molecule has 1 aromatic heterocycles. The molecule has 0 unspecified atom stereocenters. The van der Waals surface area contributed by atoms with E-state index in [2.05, 4.69) is 18.9 Å². The van der Waals surface area contributed by atoms with Crippen molar-refractivity contribution in [1.82, 2.24) is 9.78 Å². The fourth-order valence-electron chi connectivity index (χ4n) is 2.83. The maximum absolute atomic E-state index is 12.0. The van der Waals surface area contributed by atoms with Crippen LogP contribution >= 0.6 is 11.8 Å². The van der Waals surface area contributed by atoms with Crippen LogP contribution in [0.1, 0.15) is 52.0 Å². The molecule has 112 valence electrons. The molecule has 1 fully saturated rings. The number of ether oxygens (including phenoxy) is 1. The second-order valence-corrected chi connectivity index (χ2v) is 7.40. The summed E-state index contributed by atoms with van der Waals surface area (Å²) in [5.41, 5.74) is 0. The molecule has 1 aliphatic rings. The number of rotatable bonds is 6. The highest BCUT2D eigenvalue weighted by atomic mass is 32.2. The largest absolute Gasteiger partial charge is 0.467 e. The van der Waals surface area contributed by atoms with Gasteiger partial charge in [-0.25, -0.2) is 4.79 Å². The lowest BCUT2D eigenvalue weighted by atomic mass is 9.98. The minimum Gasteiger partial charge on any atom is -0.467 e. The summed E-state index contributed by atoms with van der Waals surface area (Å²) in [6.45, 7) is 4.30. The van der Waals surface area contributed by atoms with Crippen LogP contribution in [-0.2, 0) is 9.53 Å². The molecule has 1 aliphatic carbocycles. The maximum atomic E-state index is 12.0. The van der Waals surface area contributed by atoms with Crippen LogP contribution in [0.5, 0.6) is 0 Å². The van der Waals surface area contributed by atoms with Gasteiger partial charge in [0.1, 0.15) is 6.04 Å². The summed E-state index contributed by atoms with van der Waals surface area (Å²) in [7, 11) is 1.46. The van der Waals surface area contributed by atoms with Crippen LogP contribution < -0.4 is 0 Å². The number of carbonyl (C=O) groups is 1. The number of nitrogens with zero attached hydrogens (tertiary/aromatic N) is 2. The minimum absolute atomic E-state index is 0.180. The number of hydrogen-bond acceptors (Lipinski definition) is 4. The molecule has 0 spiro atoms. The fraction of sp³-hybridized carbons (Fsp3) is 0.733. The van der Waals surface area contributed by atoms with Gasteiger partial charge in [-0.3, -0.25) is 4.68 Å². The lowest BCUT2D eigenvalue weighted by Gasteiger charge is -2.18.